The van der Waals surface area contributed by atoms with Gasteiger partial charge in [0.2, 0.25) is 0 Å². The number of rotatable bonds is 6. The first-order valence-electron chi connectivity index (χ1n) is 7.75. The van der Waals surface area contributed by atoms with Crippen molar-refractivity contribution in [3.05, 3.63) is 54.4 Å². The highest BCUT2D eigenvalue weighted by Gasteiger charge is 2.26. The molecule has 0 bridgehead atoms. The number of aromatic nitrogens is 2. The highest BCUT2D eigenvalue weighted by molar-refractivity contribution is 5.16. The highest BCUT2D eigenvalue weighted by atomic mass is 16.3. The van der Waals surface area contributed by atoms with E-state index in [1.165, 1.54) is 18.4 Å². The zero-order valence-electron chi connectivity index (χ0n) is 12.3. The number of hydrogen-bond acceptors (Lipinski definition) is 3. The lowest BCUT2D eigenvalue weighted by atomic mass is 10.0. The van der Waals surface area contributed by atoms with Gasteiger partial charge < -0.3 is 5.11 Å². The van der Waals surface area contributed by atoms with Crippen molar-refractivity contribution < 1.29 is 5.11 Å². The molecule has 0 spiro atoms. The molecule has 1 fully saturated rings. The minimum atomic E-state index is -0.360. The quantitative estimate of drug-likeness (QED) is 0.882. The van der Waals surface area contributed by atoms with Crippen LogP contribution in [0.2, 0.25) is 0 Å². The molecule has 1 aromatic carbocycles. The topological polar surface area (TPSA) is 41.3 Å². The predicted octanol–water partition coefficient (Wildman–Crippen LogP) is 1.95. The Bertz CT molecular complexity index is 526. The first-order chi connectivity index (χ1) is 10.3. The second kappa shape index (κ2) is 6.87. The molecule has 1 aromatic heterocycles. The van der Waals surface area contributed by atoms with E-state index in [0.717, 1.165) is 19.5 Å². The number of β-amino-alcohol motifs (C(OH)–C–C–N with tert-alkyl or cyclic N) is 1. The maximum atomic E-state index is 10.3. The third-order valence-electron chi connectivity index (χ3n) is 4.22. The summed E-state index contributed by atoms with van der Waals surface area (Å²) in [5.74, 6) is 0. The molecule has 112 valence electrons. The lowest BCUT2D eigenvalue weighted by Gasteiger charge is -2.27. The molecule has 21 heavy (non-hydrogen) atoms. The Kier molecular flexibility index (Phi) is 4.68. The molecule has 3 rings (SSSR count). The summed E-state index contributed by atoms with van der Waals surface area (Å²) >= 11 is 0. The zero-order chi connectivity index (χ0) is 14.5. The van der Waals surface area contributed by atoms with Gasteiger partial charge in [-0.2, -0.15) is 5.10 Å². The molecule has 1 aliphatic rings. The molecule has 0 radical (unpaired) electrons. The second-order valence-corrected chi connectivity index (χ2v) is 5.86. The van der Waals surface area contributed by atoms with Crippen molar-refractivity contribution >= 4 is 0 Å². The largest absolute Gasteiger partial charge is 0.390 e. The summed E-state index contributed by atoms with van der Waals surface area (Å²) < 4.78 is 1.80. The van der Waals surface area contributed by atoms with Gasteiger partial charge in [-0.25, -0.2) is 0 Å². The van der Waals surface area contributed by atoms with Crippen LogP contribution >= 0.6 is 0 Å². The minimum Gasteiger partial charge on any atom is -0.390 e. The van der Waals surface area contributed by atoms with E-state index in [-0.39, 0.29) is 6.10 Å². The molecule has 0 aliphatic carbocycles. The van der Waals surface area contributed by atoms with Crippen LogP contribution in [-0.4, -0.2) is 45.0 Å². The molecular weight excluding hydrogens is 262 g/mol. The Morgan fingerprint density at radius 2 is 2.05 bits per heavy atom. The number of hydrogen-bond donors (Lipinski definition) is 1. The van der Waals surface area contributed by atoms with Crippen molar-refractivity contribution in [1.82, 2.24) is 14.7 Å². The summed E-state index contributed by atoms with van der Waals surface area (Å²) in [5, 5.41) is 14.4. The van der Waals surface area contributed by atoms with E-state index in [4.69, 9.17) is 0 Å². The molecule has 0 amide bonds. The molecular formula is C17H23N3O. The van der Waals surface area contributed by atoms with Gasteiger partial charge in [0.15, 0.2) is 0 Å². The van der Waals surface area contributed by atoms with Crippen molar-refractivity contribution in [3.63, 3.8) is 0 Å². The van der Waals surface area contributed by atoms with Crippen molar-refractivity contribution in [1.29, 1.82) is 0 Å². The molecule has 2 atom stereocenters. The van der Waals surface area contributed by atoms with Gasteiger partial charge in [-0.3, -0.25) is 9.58 Å². The number of aliphatic hydroxyl groups excluding tert-OH is 1. The predicted molar refractivity (Wildman–Crippen MR) is 83.0 cm³/mol. The molecule has 1 aliphatic heterocycles. The lowest BCUT2D eigenvalue weighted by molar-refractivity contribution is 0.0890. The Morgan fingerprint density at radius 1 is 1.19 bits per heavy atom. The summed E-state index contributed by atoms with van der Waals surface area (Å²) in [5.41, 5.74) is 1.39. The van der Waals surface area contributed by atoms with E-state index in [0.29, 0.717) is 12.6 Å². The van der Waals surface area contributed by atoms with Gasteiger partial charge in [-0.15, -0.1) is 0 Å². The molecule has 1 N–H and O–H groups in total. The molecule has 4 nitrogen and oxygen atoms in total. The van der Waals surface area contributed by atoms with E-state index in [1.54, 1.807) is 10.9 Å². The van der Waals surface area contributed by atoms with Crippen LogP contribution in [0.15, 0.2) is 48.8 Å². The number of aliphatic hydroxyl groups is 1. The van der Waals surface area contributed by atoms with E-state index in [1.807, 2.05) is 12.3 Å². The maximum absolute atomic E-state index is 10.3. The lowest BCUT2D eigenvalue weighted by Crippen LogP contribution is -2.39. The molecule has 1 saturated heterocycles. The summed E-state index contributed by atoms with van der Waals surface area (Å²) in [4.78, 5) is 2.43. The van der Waals surface area contributed by atoms with Crippen molar-refractivity contribution in [2.24, 2.45) is 0 Å². The fourth-order valence-electron chi connectivity index (χ4n) is 3.21. The highest BCUT2D eigenvalue weighted by Crippen LogP contribution is 2.21. The van der Waals surface area contributed by atoms with Gasteiger partial charge in [0, 0.05) is 25.0 Å². The molecule has 4 heteroatoms. The van der Waals surface area contributed by atoms with E-state index in [2.05, 4.69) is 40.3 Å². The summed E-state index contributed by atoms with van der Waals surface area (Å²) in [7, 11) is 0. The summed E-state index contributed by atoms with van der Waals surface area (Å²) in [6.07, 6.45) is 6.82. The maximum Gasteiger partial charge on any atom is 0.0862 e. The van der Waals surface area contributed by atoms with Crippen LogP contribution in [0.1, 0.15) is 18.4 Å². The van der Waals surface area contributed by atoms with Crippen LogP contribution in [0.25, 0.3) is 0 Å². The fraction of sp³-hybridized carbons (Fsp3) is 0.471. The normalized spacial score (nSPS) is 20.7. The van der Waals surface area contributed by atoms with Gasteiger partial charge in [0.1, 0.15) is 0 Å². The van der Waals surface area contributed by atoms with Crippen LogP contribution < -0.4 is 0 Å². The van der Waals surface area contributed by atoms with Gasteiger partial charge in [0.25, 0.3) is 0 Å². The Balaban J connectivity index is 1.54. The van der Waals surface area contributed by atoms with Crippen molar-refractivity contribution in [2.75, 3.05) is 13.1 Å². The molecule has 0 saturated carbocycles. The zero-order valence-corrected chi connectivity index (χ0v) is 12.3. The first-order valence-corrected chi connectivity index (χ1v) is 7.75. The van der Waals surface area contributed by atoms with E-state index < -0.39 is 0 Å². The molecule has 2 heterocycles. The Labute approximate surface area is 126 Å². The van der Waals surface area contributed by atoms with Crippen LogP contribution in [0.4, 0.5) is 0 Å². The van der Waals surface area contributed by atoms with Crippen LogP contribution in [0.3, 0.4) is 0 Å². The summed E-state index contributed by atoms with van der Waals surface area (Å²) in [6, 6.07) is 13.1. The number of nitrogens with zero attached hydrogens (tertiary/aromatic N) is 3. The van der Waals surface area contributed by atoms with Crippen molar-refractivity contribution in [2.45, 2.75) is 38.0 Å². The standard InChI is InChI=1S/C17H23N3O/c21-17(14-20-11-5-9-18-20)13-19-10-4-8-16(19)12-15-6-2-1-3-7-15/h1-3,5-7,9,11,16-17,21H,4,8,10,12-14H2. The van der Waals surface area contributed by atoms with E-state index >= 15 is 0 Å². The average Bonchev–Trinajstić information content (AvgIpc) is 3.13. The van der Waals surface area contributed by atoms with Gasteiger partial charge in [-0.1, -0.05) is 30.3 Å². The first kappa shape index (κ1) is 14.3. The second-order valence-electron chi connectivity index (χ2n) is 5.86. The monoisotopic (exact) mass is 285 g/mol. The third kappa shape index (κ3) is 3.93. The van der Waals surface area contributed by atoms with Gasteiger partial charge in [-0.05, 0) is 37.4 Å². The number of likely N-dealkylation sites (tertiary alicyclic amines) is 1. The Morgan fingerprint density at radius 3 is 2.81 bits per heavy atom. The minimum absolute atomic E-state index is 0.360. The van der Waals surface area contributed by atoms with Crippen molar-refractivity contribution in [3.8, 4) is 0 Å². The SMILES string of the molecule is OC(CN1CCCC1Cc1ccccc1)Cn1cccn1. The number of benzene rings is 1. The average molecular weight is 285 g/mol. The van der Waals surface area contributed by atoms with Crippen LogP contribution in [0, 0.1) is 0 Å². The van der Waals surface area contributed by atoms with Gasteiger partial charge >= 0.3 is 0 Å². The van der Waals surface area contributed by atoms with E-state index in [9.17, 15) is 5.11 Å². The fourth-order valence-corrected chi connectivity index (χ4v) is 3.21. The van der Waals surface area contributed by atoms with Gasteiger partial charge in [0.05, 0.1) is 12.6 Å². The summed E-state index contributed by atoms with van der Waals surface area (Å²) in [6.45, 7) is 2.40. The third-order valence-corrected chi connectivity index (χ3v) is 4.22. The smallest absolute Gasteiger partial charge is 0.0862 e. The molecule has 2 unspecified atom stereocenters. The van der Waals surface area contributed by atoms with Crippen LogP contribution in [-0.2, 0) is 13.0 Å². The van der Waals surface area contributed by atoms with Crippen LogP contribution in [0.5, 0.6) is 0 Å². The Hall–Kier alpha value is -1.65. The molecule has 2 aromatic rings.